The SMILES string of the molecule is COC(C)(C)CC(N)Cc1cc(Br)cc2c1OCC2. The summed E-state index contributed by atoms with van der Waals surface area (Å²) >= 11 is 3.56. The van der Waals surface area contributed by atoms with Crippen LogP contribution in [-0.4, -0.2) is 25.4 Å². The molecule has 2 N–H and O–H groups in total. The van der Waals surface area contributed by atoms with Crippen LogP contribution in [0.5, 0.6) is 5.75 Å². The zero-order chi connectivity index (χ0) is 14.0. The second-order valence-corrected chi connectivity index (χ2v) is 6.70. The lowest BCUT2D eigenvalue weighted by Gasteiger charge is -2.26. The molecule has 2 rings (SSSR count). The van der Waals surface area contributed by atoms with Crippen LogP contribution in [0.1, 0.15) is 31.4 Å². The summed E-state index contributed by atoms with van der Waals surface area (Å²) in [6.45, 7) is 4.90. The second kappa shape index (κ2) is 5.81. The Morgan fingerprint density at radius 2 is 2.21 bits per heavy atom. The van der Waals surface area contributed by atoms with Crippen LogP contribution in [0.15, 0.2) is 16.6 Å². The molecule has 1 atom stereocenters. The summed E-state index contributed by atoms with van der Waals surface area (Å²) in [6, 6.07) is 4.32. The molecule has 3 nitrogen and oxygen atoms in total. The van der Waals surface area contributed by atoms with Gasteiger partial charge in [-0.25, -0.2) is 0 Å². The molecule has 1 aromatic carbocycles. The number of fused-ring (bicyclic) bond motifs is 1. The summed E-state index contributed by atoms with van der Waals surface area (Å²) in [5.74, 6) is 1.04. The number of halogens is 1. The van der Waals surface area contributed by atoms with E-state index in [0.29, 0.717) is 0 Å². The number of methoxy groups -OCH3 is 1. The molecule has 1 aliphatic rings. The maximum atomic E-state index is 6.26. The Balaban J connectivity index is 2.11. The summed E-state index contributed by atoms with van der Waals surface area (Å²) in [4.78, 5) is 0. The number of ether oxygens (including phenoxy) is 2. The zero-order valence-corrected chi connectivity index (χ0v) is 13.4. The molecule has 0 aliphatic carbocycles. The lowest BCUT2D eigenvalue weighted by molar-refractivity contribution is 0.0102. The topological polar surface area (TPSA) is 44.5 Å². The van der Waals surface area contributed by atoms with Crippen molar-refractivity contribution >= 4 is 15.9 Å². The highest BCUT2D eigenvalue weighted by molar-refractivity contribution is 9.10. The first-order valence-electron chi connectivity index (χ1n) is 6.66. The van der Waals surface area contributed by atoms with Crippen molar-refractivity contribution in [3.8, 4) is 5.75 Å². The van der Waals surface area contributed by atoms with E-state index in [0.717, 1.165) is 36.1 Å². The van der Waals surface area contributed by atoms with Gasteiger partial charge in [-0.2, -0.15) is 0 Å². The third-order valence-electron chi connectivity index (χ3n) is 3.61. The van der Waals surface area contributed by atoms with Crippen molar-refractivity contribution in [2.75, 3.05) is 13.7 Å². The normalized spacial score (nSPS) is 16.1. The molecule has 0 aromatic heterocycles. The Hall–Kier alpha value is -0.580. The standard InChI is InChI=1S/C15H22BrNO2/c1-15(2,18-3)9-13(17)8-11-7-12(16)6-10-4-5-19-14(10)11/h6-7,13H,4-5,8-9,17H2,1-3H3. The van der Waals surface area contributed by atoms with Crippen molar-refractivity contribution in [2.24, 2.45) is 5.73 Å². The van der Waals surface area contributed by atoms with Gasteiger partial charge in [0.1, 0.15) is 5.75 Å². The number of hydrogen-bond acceptors (Lipinski definition) is 3. The molecule has 0 saturated heterocycles. The molecule has 0 saturated carbocycles. The average molecular weight is 328 g/mol. The van der Waals surface area contributed by atoms with E-state index < -0.39 is 0 Å². The number of hydrogen-bond donors (Lipinski definition) is 1. The van der Waals surface area contributed by atoms with Gasteiger partial charge in [0, 0.05) is 24.0 Å². The minimum Gasteiger partial charge on any atom is -0.493 e. The molecule has 106 valence electrons. The average Bonchev–Trinajstić information content (AvgIpc) is 2.76. The Morgan fingerprint density at radius 3 is 2.89 bits per heavy atom. The summed E-state index contributed by atoms with van der Waals surface area (Å²) in [5.41, 5.74) is 8.55. The van der Waals surface area contributed by atoms with E-state index in [1.807, 2.05) is 0 Å². The molecule has 19 heavy (non-hydrogen) atoms. The van der Waals surface area contributed by atoms with Crippen molar-refractivity contribution in [1.82, 2.24) is 0 Å². The van der Waals surface area contributed by atoms with Gasteiger partial charge >= 0.3 is 0 Å². The third-order valence-corrected chi connectivity index (χ3v) is 4.07. The van der Waals surface area contributed by atoms with Crippen LogP contribution in [0.2, 0.25) is 0 Å². The van der Waals surface area contributed by atoms with Crippen molar-refractivity contribution in [3.05, 3.63) is 27.7 Å². The molecule has 4 heteroatoms. The first kappa shape index (κ1) is 14.8. The van der Waals surface area contributed by atoms with Crippen LogP contribution in [0, 0.1) is 0 Å². The zero-order valence-electron chi connectivity index (χ0n) is 11.8. The predicted octanol–water partition coefficient (Wildman–Crippen LogP) is 3.07. The van der Waals surface area contributed by atoms with Crippen LogP contribution < -0.4 is 10.5 Å². The van der Waals surface area contributed by atoms with Crippen LogP contribution in [0.25, 0.3) is 0 Å². The summed E-state index contributed by atoms with van der Waals surface area (Å²) in [6.07, 6.45) is 2.62. The molecule has 0 fully saturated rings. The maximum absolute atomic E-state index is 6.26. The molecule has 0 radical (unpaired) electrons. The molecule has 0 spiro atoms. The van der Waals surface area contributed by atoms with Crippen LogP contribution in [-0.2, 0) is 17.6 Å². The highest BCUT2D eigenvalue weighted by Crippen LogP contribution is 2.34. The number of rotatable bonds is 5. The fraction of sp³-hybridized carbons (Fsp3) is 0.600. The van der Waals surface area contributed by atoms with Gasteiger partial charge in [0.05, 0.1) is 12.2 Å². The Kier molecular flexibility index (Phi) is 4.54. The van der Waals surface area contributed by atoms with Gasteiger partial charge in [0.15, 0.2) is 0 Å². The van der Waals surface area contributed by atoms with Gasteiger partial charge in [0.25, 0.3) is 0 Å². The Morgan fingerprint density at radius 1 is 1.47 bits per heavy atom. The molecule has 1 aliphatic heterocycles. The first-order valence-corrected chi connectivity index (χ1v) is 7.45. The lowest BCUT2D eigenvalue weighted by Crippen LogP contribution is -2.35. The molecule has 1 heterocycles. The van der Waals surface area contributed by atoms with Crippen molar-refractivity contribution < 1.29 is 9.47 Å². The van der Waals surface area contributed by atoms with Gasteiger partial charge in [-0.1, -0.05) is 15.9 Å². The van der Waals surface area contributed by atoms with Gasteiger partial charge in [-0.15, -0.1) is 0 Å². The van der Waals surface area contributed by atoms with E-state index in [4.69, 9.17) is 15.2 Å². The molecule has 1 aromatic rings. The fourth-order valence-corrected chi connectivity index (χ4v) is 3.12. The van der Waals surface area contributed by atoms with E-state index >= 15 is 0 Å². The van der Waals surface area contributed by atoms with E-state index in [-0.39, 0.29) is 11.6 Å². The summed E-state index contributed by atoms with van der Waals surface area (Å²) in [7, 11) is 1.73. The van der Waals surface area contributed by atoms with Gasteiger partial charge in [0.2, 0.25) is 0 Å². The van der Waals surface area contributed by atoms with Crippen molar-refractivity contribution in [3.63, 3.8) is 0 Å². The minimum absolute atomic E-state index is 0.0672. The van der Waals surface area contributed by atoms with Crippen molar-refractivity contribution in [2.45, 2.75) is 44.8 Å². The van der Waals surface area contributed by atoms with Crippen LogP contribution in [0.3, 0.4) is 0 Å². The quantitative estimate of drug-likeness (QED) is 0.903. The number of nitrogens with two attached hydrogens (primary N) is 1. The predicted molar refractivity (Wildman–Crippen MR) is 80.7 cm³/mol. The number of benzene rings is 1. The van der Waals surface area contributed by atoms with Crippen LogP contribution >= 0.6 is 15.9 Å². The fourth-order valence-electron chi connectivity index (χ4n) is 2.57. The van der Waals surface area contributed by atoms with Crippen LogP contribution in [0.4, 0.5) is 0 Å². The largest absolute Gasteiger partial charge is 0.493 e. The van der Waals surface area contributed by atoms with E-state index in [2.05, 4.69) is 41.9 Å². The highest BCUT2D eigenvalue weighted by atomic mass is 79.9. The minimum atomic E-state index is -0.185. The third kappa shape index (κ3) is 3.71. The molecule has 0 amide bonds. The van der Waals surface area contributed by atoms with Gasteiger partial charge in [-0.05, 0) is 49.9 Å². The molecule has 0 bridgehead atoms. The highest BCUT2D eigenvalue weighted by Gasteiger charge is 2.23. The Bertz CT molecular complexity index is 460. The summed E-state index contributed by atoms with van der Waals surface area (Å²) < 4.78 is 12.3. The van der Waals surface area contributed by atoms with Gasteiger partial charge < -0.3 is 15.2 Å². The molecular formula is C15H22BrNO2. The van der Waals surface area contributed by atoms with Crippen molar-refractivity contribution in [1.29, 1.82) is 0 Å². The smallest absolute Gasteiger partial charge is 0.125 e. The van der Waals surface area contributed by atoms with Gasteiger partial charge in [-0.3, -0.25) is 0 Å². The van der Waals surface area contributed by atoms with E-state index in [1.54, 1.807) is 7.11 Å². The monoisotopic (exact) mass is 327 g/mol. The second-order valence-electron chi connectivity index (χ2n) is 5.78. The lowest BCUT2D eigenvalue weighted by atomic mass is 9.93. The van der Waals surface area contributed by atoms with E-state index in [1.165, 1.54) is 11.1 Å². The maximum Gasteiger partial charge on any atom is 0.125 e. The molecule has 1 unspecified atom stereocenters. The van der Waals surface area contributed by atoms with E-state index in [9.17, 15) is 0 Å². The molecular weight excluding hydrogens is 306 g/mol. The Labute approximate surface area is 123 Å². The first-order chi connectivity index (χ1) is 8.91. The summed E-state index contributed by atoms with van der Waals surface area (Å²) in [5, 5.41) is 0.